The third kappa shape index (κ3) is 2.38. The van der Waals surface area contributed by atoms with Gasteiger partial charge in [0, 0.05) is 19.1 Å². The van der Waals surface area contributed by atoms with Gasteiger partial charge in [0.1, 0.15) is 11.4 Å². The van der Waals surface area contributed by atoms with Crippen molar-refractivity contribution in [3.63, 3.8) is 0 Å². The van der Waals surface area contributed by atoms with E-state index in [9.17, 15) is 0 Å². The van der Waals surface area contributed by atoms with Gasteiger partial charge in [-0.15, -0.1) is 0 Å². The molecule has 1 N–H and O–H groups in total. The van der Waals surface area contributed by atoms with Crippen molar-refractivity contribution in [3.8, 4) is 5.75 Å². The van der Waals surface area contributed by atoms with Crippen LogP contribution in [0, 0.1) is 5.92 Å². The van der Waals surface area contributed by atoms with Crippen LogP contribution in [0.4, 0.5) is 11.4 Å². The lowest BCUT2D eigenvalue weighted by molar-refractivity contribution is 0.243. The minimum absolute atomic E-state index is 0.215. The fraction of sp³-hybridized carbons (Fsp3) is 0.625. The van der Waals surface area contributed by atoms with Crippen LogP contribution in [0.5, 0.6) is 5.75 Å². The molecule has 0 aliphatic carbocycles. The summed E-state index contributed by atoms with van der Waals surface area (Å²) in [6.45, 7) is 8.73. The first kappa shape index (κ1) is 12.6. The first-order chi connectivity index (χ1) is 9.15. The molecule has 2 aliphatic heterocycles. The van der Waals surface area contributed by atoms with Crippen molar-refractivity contribution in [2.75, 3.05) is 23.3 Å². The van der Waals surface area contributed by atoms with E-state index in [-0.39, 0.29) is 6.10 Å². The van der Waals surface area contributed by atoms with Gasteiger partial charge < -0.3 is 15.0 Å². The van der Waals surface area contributed by atoms with E-state index < -0.39 is 0 Å². The summed E-state index contributed by atoms with van der Waals surface area (Å²) in [5.74, 6) is 1.84. The number of anilines is 2. The van der Waals surface area contributed by atoms with Crippen molar-refractivity contribution in [1.82, 2.24) is 0 Å². The number of hydrogen-bond donors (Lipinski definition) is 1. The van der Waals surface area contributed by atoms with E-state index in [1.165, 1.54) is 30.8 Å². The van der Waals surface area contributed by atoms with Gasteiger partial charge in [0.05, 0.1) is 11.8 Å². The Bertz CT molecular complexity index is 458. The average molecular weight is 260 g/mol. The number of nitrogens with one attached hydrogen (secondary N) is 1. The van der Waals surface area contributed by atoms with Crippen LogP contribution < -0.4 is 15.0 Å². The summed E-state index contributed by atoms with van der Waals surface area (Å²) < 4.78 is 5.92. The summed E-state index contributed by atoms with van der Waals surface area (Å²) >= 11 is 0. The lowest BCUT2D eigenvalue weighted by Gasteiger charge is -2.44. The SMILES string of the molecule is CC1CCN2c3cccc(OC(C)C)c3NCC2C1. The van der Waals surface area contributed by atoms with Crippen LogP contribution in [0.3, 0.4) is 0 Å². The molecule has 3 heteroatoms. The fourth-order valence-corrected chi connectivity index (χ4v) is 3.27. The second-order valence-electron chi connectivity index (χ2n) is 6.17. The van der Waals surface area contributed by atoms with E-state index in [1.54, 1.807) is 0 Å². The van der Waals surface area contributed by atoms with Crippen molar-refractivity contribution in [2.24, 2.45) is 5.92 Å². The maximum absolute atomic E-state index is 5.92. The van der Waals surface area contributed by atoms with E-state index >= 15 is 0 Å². The second-order valence-corrected chi connectivity index (χ2v) is 6.17. The molecule has 0 spiro atoms. The van der Waals surface area contributed by atoms with Gasteiger partial charge in [0.2, 0.25) is 0 Å². The van der Waals surface area contributed by atoms with Crippen LogP contribution in [-0.4, -0.2) is 25.2 Å². The van der Waals surface area contributed by atoms with Crippen molar-refractivity contribution < 1.29 is 4.74 Å². The zero-order valence-electron chi connectivity index (χ0n) is 12.1. The highest BCUT2D eigenvalue weighted by Gasteiger charge is 2.32. The zero-order valence-corrected chi connectivity index (χ0v) is 12.1. The van der Waals surface area contributed by atoms with E-state index in [4.69, 9.17) is 4.74 Å². The van der Waals surface area contributed by atoms with Crippen molar-refractivity contribution >= 4 is 11.4 Å². The summed E-state index contributed by atoms with van der Waals surface area (Å²) in [6.07, 6.45) is 2.81. The van der Waals surface area contributed by atoms with E-state index in [0.29, 0.717) is 6.04 Å². The minimum Gasteiger partial charge on any atom is -0.489 e. The number of fused-ring (bicyclic) bond motifs is 3. The van der Waals surface area contributed by atoms with Crippen LogP contribution in [0.15, 0.2) is 18.2 Å². The Morgan fingerprint density at radius 1 is 1.37 bits per heavy atom. The normalized spacial score (nSPS) is 25.6. The Hall–Kier alpha value is -1.38. The molecule has 1 aromatic carbocycles. The van der Waals surface area contributed by atoms with Crippen LogP contribution >= 0.6 is 0 Å². The first-order valence-electron chi connectivity index (χ1n) is 7.45. The van der Waals surface area contributed by atoms with Crippen LogP contribution in [0.2, 0.25) is 0 Å². The summed E-state index contributed by atoms with van der Waals surface area (Å²) in [7, 11) is 0. The first-order valence-corrected chi connectivity index (χ1v) is 7.45. The smallest absolute Gasteiger partial charge is 0.144 e. The minimum atomic E-state index is 0.215. The molecule has 3 nitrogen and oxygen atoms in total. The fourth-order valence-electron chi connectivity index (χ4n) is 3.27. The molecule has 1 fully saturated rings. The van der Waals surface area contributed by atoms with E-state index in [2.05, 4.69) is 49.2 Å². The monoisotopic (exact) mass is 260 g/mol. The predicted molar refractivity (Wildman–Crippen MR) is 80.2 cm³/mol. The number of para-hydroxylation sites is 1. The Morgan fingerprint density at radius 3 is 3.00 bits per heavy atom. The van der Waals surface area contributed by atoms with Gasteiger partial charge in [0.15, 0.2) is 0 Å². The maximum atomic E-state index is 5.92. The van der Waals surface area contributed by atoms with Gasteiger partial charge in [0.25, 0.3) is 0 Å². The predicted octanol–water partition coefficient (Wildman–Crippen LogP) is 3.50. The summed E-state index contributed by atoms with van der Waals surface area (Å²) in [5.41, 5.74) is 2.50. The molecule has 3 rings (SSSR count). The van der Waals surface area contributed by atoms with Gasteiger partial charge in [-0.05, 0) is 44.7 Å². The number of benzene rings is 1. The van der Waals surface area contributed by atoms with Crippen LogP contribution in [-0.2, 0) is 0 Å². The lowest BCUT2D eigenvalue weighted by atomic mass is 9.90. The van der Waals surface area contributed by atoms with E-state index in [0.717, 1.165) is 18.2 Å². The van der Waals surface area contributed by atoms with Gasteiger partial charge in [-0.1, -0.05) is 13.0 Å². The molecule has 0 bridgehead atoms. The molecule has 0 amide bonds. The molecule has 0 saturated carbocycles. The molecule has 0 radical (unpaired) electrons. The van der Waals surface area contributed by atoms with Gasteiger partial charge in [-0.2, -0.15) is 0 Å². The molecule has 2 atom stereocenters. The van der Waals surface area contributed by atoms with Crippen LogP contribution in [0.25, 0.3) is 0 Å². The zero-order chi connectivity index (χ0) is 13.4. The van der Waals surface area contributed by atoms with Gasteiger partial charge >= 0.3 is 0 Å². The summed E-state index contributed by atoms with van der Waals surface area (Å²) in [5, 5.41) is 3.59. The number of nitrogens with zero attached hydrogens (tertiary/aromatic N) is 1. The lowest BCUT2D eigenvalue weighted by Crippen LogP contribution is -2.48. The summed E-state index contributed by atoms with van der Waals surface area (Å²) in [6, 6.07) is 7.04. The topological polar surface area (TPSA) is 24.5 Å². The second kappa shape index (κ2) is 4.95. The third-order valence-corrected chi connectivity index (χ3v) is 4.17. The molecular formula is C16H24N2O. The highest BCUT2D eigenvalue weighted by molar-refractivity contribution is 5.79. The number of ether oxygens (including phenoxy) is 1. The highest BCUT2D eigenvalue weighted by atomic mass is 16.5. The van der Waals surface area contributed by atoms with Crippen molar-refractivity contribution in [3.05, 3.63) is 18.2 Å². The molecule has 19 heavy (non-hydrogen) atoms. The third-order valence-electron chi connectivity index (χ3n) is 4.17. The maximum Gasteiger partial charge on any atom is 0.144 e. The number of rotatable bonds is 2. The molecule has 1 aromatic rings. The van der Waals surface area contributed by atoms with Gasteiger partial charge in [-0.25, -0.2) is 0 Å². The Labute approximate surface area is 115 Å². The number of hydrogen-bond acceptors (Lipinski definition) is 3. The molecule has 0 aromatic heterocycles. The van der Waals surface area contributed by atoms with Crippen molar-refractivity contribution in [1.29, 1.82) is 0 Å². The van der Waals surface area contributed by atoms with Gasteiger partial charge in [-0.3, -0.25) is 0 Å². The highest BCUT2D eigenvalue weighted by Crippen LogP contribution is 2.42. The van der Waals surface area contributed by atoms with Crippen molar-refractivity contribution in [2.45, 2.75) is 45.8 Å². The molecule has 1 saturated heterocycles. The average Bonchev–Trinajstić information content (AvgIpc) is 2.37. The molecular weight excluding hydrogens is 236 g/mol. The Morgan fingerprint density at radius 2 is 2.21 bits per heavy atom. The summed E-state index contributed by atoms with van der Waals surface area (Å²) in [4.78, 5) is 2.57. The largest absolute Gasteiger partial charge is 0.489 e. The molecule has 2 aliphatic rings. The Kier molecular flexibility index (Phi) is 3.29. The van der Waals surface area contributed by atoms with E-state index in [1.807, 2.05) is 0 Å². The quantitative estimate of drug-likeness (QED) is 0.880. The molecule has 2 unspecified atom stereocenters. The molecule has 2 heterocycles. The Balaban J connectivity index is 1.91. The van der Waals surface area contributed by atoms with Crippen LogP contribution in [0.1, 0.15) is 33.6 Å². The molecule has 104 valence electrons. The standard InChI is InChI=1S/C16H24N2O/c1-11(2)19-15-6-4-5-14-16(15)17-10-13-9-12(3)7-8-18(13)14/h4-6,11-13,17H,7-10H2,1-3H3. The number of piperidine rings is 1.